The highest BCUT2D eigenvalue weighted by Crippen LogP contribution is 2.01. The van der Waals surface area contributed by atoms with Crippen LogP contribution in [0.4, 0.5) is 0 Å². The minimum absolute atomic E-state index is 0.260. The van der Waals surface area contributed by atoms with Crippen LogP contribution in [0.5, 0.6) is 0 Å². The summed E-state index contributed by atoms with van der Waals surface area (Å²) in [6.07, 6.45) is 2.86. The Bertz CT molecular complexity index is 672. The Morgan fingerprint density at radius 2 is 2.47 bits per heavy atom. The summed E-state index contributed by atoms with van der Waals surface area (Å²) in [5.74, 6) is 4.33. The summed E-state index contributed by atoms with van der Waals surface area (Å²) >= 11 is 0. The molecule has 0 amide bonds. The zero-order chi connectivity index (χ0) is 12.3. The van der Waals surface area contributed by atoms with Crippen LogP contribution < -0.4 is 5.56 Å². The highest BCUT2D eigenvalue weighted by atomic mass is 16.5. The second-order valence-electron chi connectivity index (χ2n) is 3.15. The van der Waals surface area contributed by atoms with E-state index in [1.54, 1.807) is 19.2 Å². The van der Waals surface area contributed by atoms with Gasteiger partial charge in [-0.15, -0.1) is 0 Å². The number of ether oxygens (including phenoxy) is 1. The summed E-state index contributed by atoms with van der Waals surface area (Å²) in [4.78, 5) is 24.8. The molecule has 0 atom stereocenters. The van der Waals surface area contributed by atoms with Crippen molar-refractivity contribution in [2.75, 3.05) is 6.61 Å². The molecule has 0 unspecified atom stereocenters. The monoisotopic (exact) mass is 231 g/mol. The van der Waals surface area contributed by atoms with Crippen LogP contribution in [-0.2, 0) is 9.53 Å². The average molecular weight is 231 g/mol. The predicted octanol–water partition coefficient (Wildman–Crippen LogP) is -0.0628. The first-order valence-corrected chi connectivity index (χ1v) is 4.95. The summed E-state index contributed by atoms with van der Waals surface area (Å²) in [7, 11) is 0. The third-order valence-electron chi connectivity index (χ3n) is 2.00. The van der Waals surface area contributed by atoms with Gasteiger partial charge >= 0.3 is 5.97 Å². The van der Waals surface area contributed by atoms with Crippen molar-refractivity contribution < 1.29 is 9.53 Å². The van der Waals surface area contributed by atoms with Gasteiger partial charge in [-0.2, -0.15) is 5.10 Å². The maximum absolute atomic E-state index is 11.4. The lowest BCUT2D eigenvalue weighted by atomic mass is 10.3. The number of aromatic nitrogens is 3. The number of aromatic amines is 1. The van der Waals surface area contributed by atoms with Crippen LogP contribution in [0.1, 0.15) is 12.5 Å². The third kappa shape index (κ3) is 2.34. The molecule has 2 aromatic rings. The fourth-order valence-electron chi connectivity index (χ4n) is 1.30. The molecule has 2 heterocycles. The van der Waals surface area contributed by atoms with E-state index >= 15 is 0 Å². The van der Waals surface area contributed by atoms with Crippen molar-refractivity contribution >= 4 is 11.5 Å². The van der Waals surface area contributed by atoms with Crippen LogP contribution >= 0.6 is 0 Å². The molecule has 0 aromatic carbocycles. The molecular formula is C11H9N3O3. The van der Waals surface area contributed by atoms with Gasteiger partial charge in [0.2, 0.25) is 0 Å². The van der Waals surface area contributed by atoms with Gasteiger partial charge in [-0.05, 0) is 13.0 Å². The second-order valence-corrected chi connectivity index (χ2v) is 3.15. The lowest BCUT2D eigenvalue weighted by Crippen LogP contribution is -2.09. The first-order valence-electron chi connectivity index (χ1n) is 4.95. The van der Waals surface area contributed by atoms with Crippen LogP contribution in [0.25, 0.3) is 5.52 Å². The van der Waals surface area contributed by atoms with Crippen LogP contribution in [0, 0.1) is 11.8 Å². The highest BCUT2D eigenvalue weighted by molar-refractivity contribution is 5.89. The van der Waals surface area contributed by atoms with Crippen molar-refractivity contribution in [3.8, 4) is 11.8 Å². The van der Waals surface area contributed by atoms with Gasteiger partial charge in [-0.3, -0.25) is 4.79 Å². The number of esters is 1. The number of nitrogens with zero attached hydrogens (tertiary/aromatic N) is 2. The van der Waals surface area contributed by atoms with Crippen molar-refractivity contribution in [2.45, 2.75) is 6.92 Å². The molecular weight excluding hydrogens is 222 g/mol. The molecule has 0 aliphatic heterocycles. The quantitative estimate of drug-likeness (QED) is 0.551. The number of H-pyrrole nitrogens is 1. The van der Waals surface area contributed by atoms with E-state index in [4.69, 9.17) is 0 Å². The zero-order valence-electron chi connectivity index (χ0n) is 9.06. The molecule has 17 heavy (non-hydrogen) atoms. The van der Waals surface area contributed by atoms with Gasteiger partial charge in [0.1, 0.15) is 11.8 Å². The van der Waals surface area contributed by atoms with Crippen LogP contribution in [0.15, 0.2) is 23.4 Å². The topological polar surface area (TPSA) is 76.5 Å². The van der Waals surface area contributed by atoms with Gasteiger partial charge in [-0.25, -0.2) is 9.31 Å². The molecule has 0 spiro atoms. The second kappa shape index (κ2) is 4.53. The molecule has 2 aromatic heterocycles. The SMILES string of the molecule is CCOC(=O)C#Cc1cc2c(=O)[nH]cnn2c1. The molecule has 2 rings (SSSR count). The molecule has 0 bridgehead atoms. The Labute approximate surface area is 96.2 Å². The number of carbonyl (C=O) groups is 1. The Kier molecular flexibility index (Phi) is 2.92. The van der Waals surface area contributed by atoms with Crippen molar-refractivity contribution in [3.63, 3.8) is 0 Å². The number of hydrogen-bond acceptors (Lipinski definition) is 4. The molecule has 0 aliphatic carbocycles. The van der Waals surface area contributed by atoms with Gasteiger partial charge in [-0.1, -0.05) is 5.92 Å². The molecule has 0 saturated heterocycles. The van der Waals surface area contributed by atoms with E-state index in [1.807, 2.05) is 0 Å². The van der Waals surface area contributed by atoms with E-state index in [0.717, 1.165) is 0 Å². The summed E-state index contributed by atoms with van der Waals surface area (Å²) in [5, 5.41) is 3.90. The highest BCUT2D eigenvalue weighted by Gasteiger charge is 2.01. The Morgan fingerprint density at radius 3 is 3.18 bits per heavy atom. The molecule has 0 aliphatic rings. The van der Waals surface area contributed by atoms with Crippen LogP contribution in [-0.4, -0.2) is 27.2 Å². The standard InChI is InChI=1S/C11H9N3O3/c1-2-17-10(15)4-3-8-5-9-11(16)12-7-13-14(9)6-8/h5-7H,2H2,1H3,(H,12,13,16). The minimum atomic E-state index is -0.593. The number of carbonyl (C=O) groups excluding carboxylic acids is 1. The fourth-order valence-corrected chi connectivity index (χ4v) is 1.30. The summed E-state index contributed by atoms with van der Waals surface area (Å²) in [6, 6.07) is 1.55. The average Bonchev–Trinajstić information content (AvgIpc) is 2.71. The van der Waals surface area contributed by atoms with Gasteiger partial charge in [0, 0.05) is 17.7 Å². The van der Waals surface area contributed by atoms with E-state index in [-0.39, 0.29) is 12.2 Å². The van der Waals surface area contributed by atoms with Crippen molar-refractivity contribution in [3.05, 3.63) is 34.5 Å². The van der Waals surface area contributed by atoms with Crippen molar-refractivity contribution in [1.29, 1.82) is 0 Å². The van der Waals surface area contributed by atoms with Crippen LogP contribution in [0.2, 0.25) is 0 Å². The van der Waals surface area contributed by atoms with Gasteiger partial charge in [0.15, 0.2) is 0 Å². The van der Waals surface area contributed by atoms with Gasteiger partial charge in [0.25, 0.3) is 5.56 Å². The largest absolute Gasteiger partial charge is 0.456 e. The molecule has 0 fully saturated rings. The molecule has 6 heteroatoms. The van der Waals surface area contributed by atoms with Crippen molar-refractivity contribution in [1.82, 2.24) is 14.6 Å². The molecule has 6 nitrogen and oxygen atoms in total. The maximum atomic E-state index is 11.4. The van der Waals surface area contributed by atoms with Gasteiger partial charge < -0.3 is 9.72 Å². The summed E-state index contributed by atoms with van der Waals surface area (Å²) < 4.78 is 6.06. The Balaban J connectivity index is 2.35. The fraction of sp³-hybridized carbons (Fsp3) is 0.182. The number of hydrogen-bond donors (Lipinski definition) is 1. The molecule has 0 radical (unpaired) electrons. The van der Waals surface area contributed by atoms with Crippen molar-refractivity contribution in [2.24, 2.45) is 0 Å². The Hall–Kier alpha value is -2.55. The third-order valence-corrected chi connectivity index (χ3v) is 2.00. The maximum Gasteiger partial charge on any atom is 0.384 e. The van der Waals surface area contributed by atoms with E-state index in [0.29, 0.717) is 11.1 Å². The predicted molar refractivity (Wildman–Crippen MR) is 59.3 cm³/mol. The first kappa shape index (κ1) is 11.0. The molecule has 86 valence electrons. The first-order chi connectivity index (χ1) is 8.20. The summed E-state index contributed by atoms with van der Waals surface area (Å²) in [5.41, 5.74) is 0.645. The smallest absolute Gasteiger partial charge is 0.384 e. The van der Waals surface area contributed by atoms with Crippen LogP contribution in [0.3, 0.4) is 0 Å². The lowest BCUT2D eigenvalue weighted by molar-refractivity contribution is -0.136. The van der Waals surface area contributed by atoms with E-state index in [9.17, 15) is 9.59 Å². The number of rotatable bonds is 1. The number of nitrogens with one attached hydrogen (secondary N) is 1. The number of fused-ring (bicyclic) bond motifs is 1. The minimum Gasteiger partial charge on any atom is -0.456 e. The molecule has 0 saturated carbocycles. The van der Waals surface area contributed by atoms with E-state index < -0.39 is 5.97 Å². The normalized spacial score (nSPS) is 9.71. The lowest BCUT2D eigenvalue weighted by Gasteiger charge is -1.89. The van der Waals surface area contributed by atoms with E-state index in [1.165, 1.54) is 10.8 Å². The Morgan fingerprint density at radius 1 is 1.65 bits per heavy atom. The van der Waals surface area contributed by atoms with E-state index in [2.05, 4.69) is 26.7 Å². The molecule has 1 N–H and O–H groups in total. The van der Waals surface area contributed by atoms with Gasteiger partial charge in [0.05, 0.1) is 6.61 Å². The summed E-state index contributed by atoms with van der Waals surface area (Å²) in [6.45, 7) is 1.99. The zero-order valence-corrected chi connectivity index (χ0v) is 9.06.